The minimum absolute atomic E-state index is 0.150. The van der Waals surface area contributed by atoms with Gasteiger partial charge in [0.1, 0.15) is 0 Å². The molecule has 0 aliphatic carbocycles. The molecule has 1 atom stereocenters. The standard InChI is InChI=1S/C29H30N2O5S2/c1-19(31-28(32)20-11-13-25(14-12-20)37(4,33)34)21-8-6-9-22(16-21)26-18-24(29(2,3)38(5,35)36)17-23-10-7-15-30-27(23)26/h6-19H,1-5H3,(H,31,32). The van der Waals surface area contributed by atoms with Gasteiger partial charge in [-0.15, -0.1) is 0 Å². The second kappa shape index (κ2) is 9.96. The number of rotatable bonds is 7. The first-order valence-corrected chi connectivity index (χ1v) is 15.8. The van der Waals surface area contributed by atoms with Crippen molar-refractivity contribution in [2.75, 3.05) is 12.5 Å². The Bertz CT molecular complexity index is 1740. The van der Waals surface area contributed by atoms with Crippen molar-refractivity contribution < 1.29 is 21.6 Å². The summed E-state index contributed by atoms with van der Waals surface area (Å²) in [5.41, 5.74) is 4.26. The zero-order valence-corrected chi connectivity index (χ0v) is 23.5. The smallest absolute Gasteiger partial charge is 0.251 e. The van der Waals surface area contributed by atoms with Crippen LogP contribution in [0.2, 0.25) is 0 Å². The van der Waals surface area contributed by atoms with E-state index in [-0.39, 0.29) is 16.8 Å². The van der Waals surface area contributed by atoms with Gasteiger partial charge in [-0.3, -0.25) is 9.78 Å². The van der Waals surface area contributed by atoms with Gasteiger partial charge >= 0.3 is 0 Å². The number of carbonyl (C=O) groups is 1. The van der Waals surface area contributed by atoms with Crippen LogP contribution in [0.25, 0.3) is 22.0 Å². The number of pyridine rings is 1. The summed E-state index contributed by atoms with van der Waals surface area (Å²) in [6, 6.07) is 20.6. The van der Waals surface area contributed by atoms with Gasteiger partial charge < -0.3 is 5.32 Å². The van der Waals surface area contributed by atoms with Crippen LogP contribution in [0, 0.1) is 0 Å². The highest BCUT2D eigenvalue weighted by molar-refractivity contribution is 7.91. The Labute approximate surface area is 223 Å². The van der Waals surface area contributed by atoms with Crippen LogP contribution in [0.4, 0.5) is 0 Å². The predicted octanol–water partition coefficient (Wildman–Crippen LogP) is 5.08. The molecule has 1 unspecified atom stereocenters. The molecule has 4 aromatic rings. The van der Waals surface area contributed by atoms with E-state index < -0.39 is 24.4 Å². The fourth-order valence-electron chi connectivity index (χ4n) is 4.17. The maximum absolute atomic E-state index is 12.8. The van der Waals surface area contributed by atoms with Gasteiger partial charge in [0.25, 0.3) is 5.91 Å². The minimum atomic E-state index is -3.40. The predicted molar refractivity (Wildman–Crippen MR) is 150 cm³/mol. The third-order valence-electron chi connectivity index (χ3n) is 6.92. The summed E-state index contributed by atoms with van der Waals surface area (Å²) in [5.74, 6) is -0.327. The van der Waals surface area contributed by atoms with E-state index in [0.717, 1.165) is 33.8 Å². The average molecular weight is 551 g/mol. The molecule has 1 amide bonds. The molecular formula is C29H30N2O5S2. The van der Waals surface area contributed by atoms with Gasteiger partial charge in [-0.25, -0.2) is 16.8 Å². The van der Waals surface area contributed by atoms with Gasteiger partial charge in [0.05, 0.1) is 21.2 Å². The van der Waals surface area contributed by atoms with Gasteiger partial charge in [0, 0.05) is 35.2 Å². The van der Waals surface area contributed by atoms with Gasteiger partial charge in [0.15, 0.2) is 19.7 Å². The van der Waals surface area contributed by atoms with E-state index in [2.05, 4.69) is 10.3 Å². The van der Waals surface area contributed by atoms with Crippen LogP contribution in [0.5, 0.6) is 0 Å². The number of amides is 1. The van der Waals surface area contributed by atoms with Crippen molar-refractivity contribution in [1.29, 1.82) is 0 Å². The van der Waals surface area contributed by atoms with Crippen LogP contribution in [0.3, 0.4) is 0 Å². The molecular weight excluding hydrogens is 520 g/mol. The van der Waals surface area contributed by atoms with Crippen molar-refractivity contribution in [2.24, 2.45) is 0 Å². The molecule has 7 nitrogen and oxygen atoms in total. The summed E-state index contributed by atoms with van der Waals surface area (Å²) in [6.07, 6.45) is 4.06. The Morgan fingerprint density at radius 3 is 2.21 bits per heavy atom. The number of benzene rings is 3. The third-order valence-corrected chi connectivity index (χ3v) is 10.1. The molecule has 0 radical (unpaired) electrons. The zero-order valence-electron chi connectivity index (χ0n) is 21.9. The molecule has 1 heterocycles. The summed E-state index contributed by atoms with van der Waals surface area (Å²) in [6.45, 7) is 5.25. The molecule has 0 aliphatic rings. The molecule has 38 heavy (non-hydrogen) atoms. The molecule has 0 spiro atoms. The van der Waals surface area contributed by atoms with Crippen molar-refractivity contribution in [3.63, 3.8) is 0 Å². The average Bonchev–Trinajstić information content (AvgIpc) is 2.87. The number of aromatic nitrogens is 1. The fourth-order valence-corrected chi connectivity index (χ4v) is 5.34. The van der Waals surface area contributed by atoms with Gasteiger partial charge in [-0.05, 0) is 86.0 Å². The number of carbonyl (C=O) groups excluding carboxylic acids is 1. The van der Waals surface area contributed by atoms with Crippen LogP contribution < -0.4 is 5.32 Å². The first-order valence-electron chi connectivity index (χ1n) is 12.0. The van der Waals surface area contributed by atoms with Gasteiger partial charge in [0.2, 0.25) is 0 Å². The summed E-state index contributed by atoms with van der Waals surface area (Å²) < 4.78 is 47.5. The van der Waals surface area contributed by atoms with Crippen molar-refractivity contribution in [3.05, 3.63) is 95.7 Å². The minimum Gasteiger partial charge on any atom is -0.346 e. The van der Waals surface area contributed by atoms with E-state index in [0.29, 0.717) is 11.1 Å². The lowest BCUT2D eigenvalue weighted by atomic mass is 9.92. The highest BCUT2D eigenvalue weighted by Crippen LogP contribution is 2.37. The highest BCUT2D eigenvalue weighted by atomic mass is 32.2. The summed E-state index contributed by atoms with van der Waals surface area (Å²) >= 11 is 0. The van der Waals surface area contributed by atoms with E-state index in [4.69, 9.17) is 0 Å². The van der Waals surface area contributed by atoms with Crippen molar-refractivity contribution in [1.82, 2.24) is 10.3 Å². The molecule has 0 bridgehead atoms. The number of fused-ring (bicyclic) bond motifs is 1. The number of hydrogen-bond acceptors (Lipinski definition) is 6. The molecule has 0 fully saturated rings. The lowest BCUT2D eigenvalue weighted by molar-refractivity contribution is 0.0939. The second-order valence-electron chi connectivity index (χ2n) is 10.00. The third kappa shape index (κ3) is 5.49. The van der Waals surface area contributed by atoms with E-state index in [9.17, 15) is 21.6 Å². The lowest BCUT2D eigenvalue weighted by Crippen LogP contribution is -2.28. The van der Waals surface area contributed by atoms with Crippen molar-refractivity contribution in [2.45, 2.75) is 36.5 Å². The summed E-state index contributed by atoms with van der Waals surface area (Å²) in [5, 5.41) is 3.79. The van der Waals surface area contributed by atoms with E-state index in [1.807, 2.05) is 55.5 Å². The Balaban J connectivity index is 1.69. The monoisotopic (exact) mass is 550 g/mol. The zero-order chi connectivity index (χ0) is 27.9. The molecule has 198 valence electrons. The molecule has 3 aromatic carbocycles. The molecule has 0 saturated heterocycles. The number of sulfone groups is 2. The second-order valence-corrected chi connectivity index (χ2v) is 14.6. The van der Waals surface area contributed by atoms with Gasteiger partial charge in [-0.2, -0.15) is 0 Å². The maximum Gasteiger partial charge on any atom is 0.251 e. The van der Waals surface area contributed by atoms with E-state index >= 15 is 0 Å². The van der Waals surface area contributed by atoms with E-state index in [1.54, 1.807) is 20.0 Å². The Morgan fingerprint density at radius 1 is 0.895 bits per heavy atom. The first-order chi connectivity index (χ1) is 17.7. The van der Waals surface area contributed by atoms with Crippen LogP contribution in [0.1, 0.15) is 48.3 Å². The molecule has 1 N–H and O–H groups in total. The number of nitrogens with one attached hydrogen (secondary N) is 1. The van der Waals surface area contributed by atoms with Crippen LogP contribution in [-0.4, -0.2) is 40.2 Å². The number of hydrogen-bond donors (Lipinski definition) is 1. The lowest BCUT2D eigenvalue weighted by Gasteiger charge is -2.24. The summed E-state index contributed by atoms with van der Waals surface area (Å²) in [7, 11) is -6.75. The SMILES string of the molecule is CC(NC(=O)c1ccc(S(C)(=O)=O)cc1)c1cccc(-c2cc(C(C)(C)S(C)(=O)=O)cc3cccnc23)c1. The normalized spacial score (nSPS) is 13.3. The topological polar surface area (TPSA) is 110 Å². The largest absolute Gasteiger partial charge is 0.346 e. The Kier molecular flexibility index (Phi) is 7.20. The fraction of sp³-hybridized carbons (Fsp3) is 0.241. The van der Waals surface area contributed by atoms with E-state index in [1.165, 1.54) is 30.5 Å². The van der Waals surface area contributed by atoms with Crippen LogP contribution in [-0.2, 0) is 24.4 Å². The number of nitrogens with zero attached hydrogens (tertiary/aromatic N) is 1. The maximum atomic E-state index is 12.8. The quantitative estimate of drug-likeness (QED) is 0.344. The van der Waals surface area contributed by atoms with Crippen LogP contribution in [0.15, 0.2) is 83.9 Å². The molecule has 0 aliphatic heterocycles. The highest BCUT2D eigenvalue weighted by Gasteiger charge is 2.33. The molecule has 9 heteroatoms. The van der Waals surface area contributed by atoms with Crippen LogP contribution >= 0.6 is 0 Å². The summed E-state index contributed by atoms with van der Waals surface area (Å²) in [4.78, 5) is 17.6. The Hall–Kier alpha value is -3.56. The molecule has 0 saturated carbocycles. The Morgan fingerprint density at radius 2 is 1.58 bits per heavy atom. The molecule has 1 aromatic heterocycles. The molecule has 4 rings (SSSR count). The van der Waals surface area contributed by atoms with Gasteiger partial charge in [-0.1, -0.05) is 24.3 Å². The van der Waals surface area contributed by atoms with Crippen molar-refractivity contribution >= 4 is 36.5 Å². The van der Waals surface area contributed by atoms with Crippen molar-refractivity contribution in [3.8, 4) is 11.1 Å². The first kappa shape index (κ1) is 27.5.